The summed E-state index contributed by atoms with van der Waals surface area (Å²) >= 11 is 0. The number of fused-ring (bicyclic) bond motifs is 1. The molecule has 3 aliphatic rings. The van der Waals surface area contributed by atoms with Gasteiger partial charge < -0.3 is 15.5 Å². The number of benzene rings is 1. The smallest absolute Gasteiger partial charge is 0.316 e. The van der Waals surface area contributed by atoms with Gasteiger partial charge in [-0.25, -0.2) is 15.2 Å². The molecule has 2 atom stereocenters. The van der Waals surface area contributed by atoms with Gasteiger partial charge in [-0.05, 0) is 30.0 Å². The summed E-state index contributed by atoms with van der Waals surface area (Å²) in [6, 6.07) is 4.56. The largest absolute Gasteiger partial charge is 0.334 e. The Labute approximate surface area is 167 Å². The molecule has 0 spiro atoms. The van der Waals surface area contributed by atoms with Gasteiger partial charge in [-0.15, -0.1) is 0 Å². The van der Waals surface area contributed by atoms with E-state index in [2.05, 4.69) is 21.4 Å². The third kappa shape index (κ3) is 4.08. The molecule has 10 heteroatoms. The summed E-state index contributed by atoms with van der Waals surface area (Å²) in [6.45, 7) is 1.49. The van der Waals surface area contributed by atoms with Crippen molar-refractivity contribution in [3.8, 4) is 0 Å². The predicted octanol–water partition coefficient (Wildman–Crippen LogP) is -0.587. The van der Waals surface area contributed by atoms with Crippen LogP contribution in [0.2, 0.25) is 0 Å². The number of nitrogens with one attached hydrogen (secondary N) is 4. The molecule has 154 valence electrons. The van der Waals surface area contributed by atoms with Crippen molar-refractivity contribution in [1.29, 1.82) is 0 Å². The number of carbonyl (C=O) groups excluding carboxylic acids is 4. The van der Waals surface area contributed by atoms with Gasteiger partial charge in [0.2, 0.25) is 11.8 Å². The lowest BCUT2D eigenvalue weighted by atomic mass is 10.0. The molecule has 0 aliphatic carbocycles. The molecular formula is C19H24N6O4. The number of amides is 5. The van der Waals surface area contributed by atoms with Gasteiger partial charge in [-0.1, -0.05) is 12.1 Å². The van der Waals surface area contributed by atoms with Crippen LogP contribution < -0.4 is 21.4 Å². The van der Waals surface area contributed by atoms with Gasteiger partial charge >= 0.3 is 6.03 Å². The van der Waals surface area contributed by atoms with E-state index >= 15 is 0 Å². The van der Waals surface area contributed by atoms with Gasteiger partial charge in [-0.2, -0.15) is 0 Å². The fraction of sp³-hybridized carbons (Fsp3) is 0.474. The zero-order valence-electron chi connectivity index (χ0n) is 16.2. The lowest BCUT2D eigenvalue weighted by Crippen LogP contribution is -2.52. The van der Waals surface area contributed by atoms with E-state index in [1.165, 1.54) is 4.90 Å². The highest BCUT2D eigenvalue weighted by Gasteiger charge is 2.39. The average molecular weight is 400 g/mol. The lowest BCUT2D eigenvalue weighted by molar-refractivity contribution is -0.136. The highest BCUT2D eigenvalue weighted by Crippen LogP contribution is 2.28. The van der Waals surface area contributed by atoms with Crippen molar-refractivity contribution < 1.29 is 19.2 Å². The van der Waals surface area contributed by atoms with E-state index in [1.807, 2.05) is 24.2 Å². The summed E-state index contributed by atoms with van der Waals surface area (Å²) in [4.78, 5) is 49.9. The Bertz CT molecular complexity index is 872. The second kappa shape index (κ2) is 7.80. The molecule has 0 bridgehead atoms. The number of hydrazine groups is 1. The van der Waals surface area contributed by atoms with E-state index in [0.717, 1.165) is 24.1 Å². The molecule has 10 nitrogen and oxygen atoms in total. The topological polar surface area (TPSA) is 123 Å². The molecule has 0 saturated carbocycles. The number of urea groups is 1. The summed E-state index contributed by atoms with van der Waals surface area (Å²) in [5.41, 5.74) is 5.30. The third-order valence-corrected chi connectivity index (χ3v) is 5.48. The average Bonchev–Trinajstić information content (AvgIpc) is 3.23. The molecule has 5 amide bonds. The summed E-state index contributed by atoms with van der Waals surface area (Å²) in [6.07, 6.45) is 1.30. The first-order valence-electron chi connectivity index (χ1n) is 9.69. The Balaban J connectivity index is 1.36. The van der Waals surface area contributed by atoms with Gasteiger partial charge in [0.05, 0.1) is 6.17 Å². The Morgan fingerprint density at radius 1 is 1.24 bits per heavy atom. The van der Waals surface area contributed by atoms with Crippen LogP contribution in [0.1, 0.15) is 40.7 Å². The summed E-state index contributed by atoms with van der Waals surface area (Å²) < 4.78 is 0. The molecule has 4 N–H and O–H groups in total. The van der Waals surface area contributed by atoms with Gasteiger partial charge in [0, 0.05) is 38.7 Å². The molecule has 1 aromatic rings. The van der Waals surface area contributed by atoms with E-state index in [-0.39, 0.29) is 37.0 Å². The van der Waals surface area contributed by atoms with E-state index in [1.54, 1.807) is 6.07 Å². The number of hydrogen-bond donors (Lipinski definition) is 4. The molecule has 2 unspecified atom stereocenters. The lowest BCUT2D eigenvalue weighted by Gasteiger charge is -2.29. The fourth-order valence-electron chi connectivity index (χ4n) is 3.93. The highest BCUT2D eigenvalue weighted by atomic mass is 16.2. The Kier molecular flexibility index (Phi) is 5.20. The van der Waals surface area contributed by atoms with Crippen molar-refractivity contribution in [2.75, 3.05) is 13.6 Å². The molecule has 2 fully saturated rings. The quantitative estimate of drug-likeness (QED) is 0.501. The highest BCUT2D eigenvalue weighted by molar-refractivity contribution is 6.05. The minimum atomic E-state index is -0.628. The van der Waals surface area contributed by atoms with Crippen LogP contribution in [0.5, 0.6) is 0 Å². The first kappa shape index (κ1) is 19.3. The second-order valence-corrected chi connectivity index (χ2v) is 7.61. The van der Waals surface area contributed by atoms with Gasteiger partial charge in [0.1, 0.15) is 6.04 Å². The molecule has 1 aromatic carbocycles. The van der Waals surface area contributed by atoms with Crippen molar-refractivity contribution >= 4 is 23.8 Å². The number of piperidine rings is 1. The van der Waals surface area contributed by atoms with Crippen molar-refractivity contribution in [2.45, 2.75) is 44.6 Å². The normalized spacial score (nSPS) is 24.4. The van der Waals surface area contributed by atoms with Gasteiger partial charge in [0.15, 0.2) is 0 Å². The molecular weight excluding hydrogens is 376 g/mol. The van der Waals surface area contributed by atoms with Crippen molar-refractivity contribution in [1.82, 2.24) is 31.3 Å². The van der Waals surface area contributed by atoms with Crippen LogP contribution in [0, 0.1) is 0 Å². The molecule has 3 heterocycles. The Hall–Kier alpha value is -2.98. The number of hydrogen-bond acceptors (Lipinski definition) is 6. The van der Waals surface area contributed by atoms with Crippen LogP contribution in [-0.4, -0.2) is 59.5 Å². The molecule has 0 radical (unpaired) electrons. The maximum Gasteiger partial charge on any atom is 0.316 e. The maximum absolute atomic E-state index is 12.8. The molecule has 29 heavy (non-hydrogen) atoms. The van der Waals surface area contributed by atoms with Crippen LogP contribution in [0.3, 0.4) is 0 Å². The fourth-order valence-corrected chi connectivity index (χ4v) is 3.93. The monoisotopic (exact) mass is 400 g/mol. The number of nitrogens with zero attached hydrogens (tertiary/aromatic N) is 2. The predicted molar refractivity (Wildman–Crippen MR) is 102 cm³/mol. The number of rotatable bonds is 4. The third-order valence-electron chi connectivity index (χ3n) is 5.48. The minimum Gasteiger partial charge on any atom is -0.334 e. The van der Waals surface area contributed by atoms with E-state index in [0.29, 0.717) is 18.5 Å². The number of imide groups is 1. The Morgan fingerprint density at radius 3 is 2.79 bits per heavy atom. The molecule has 4 rings (SSSR count). The molecule has 3 aliphatic heterocycles. The van der Waals surface area contributed by atoms with Gasteiger partial charge in [-0.3, -0.25) is 19.7 Å². The van der Waals surface area contributed by atoms with Crippen LogP contribution in [0.15, 0.2) is 18.2 Å². The van der Waals surface area contributed by atoms with Crippen molar-refractivity contribution in [2.24, 2.45) is 0 Å². The van der Waals surface area contributed by atoms with Crippen molar-refractivity contribution in [3.05, 3.63) is 34.9 Å². The Morgan fingerprint density at radius 2 is 2.07 bits per heavy atom. The first-order chi connectivity index (χ1) is 13.9. The molecule has 2 saturated heterocycles. The first-order valence-corrected chi connectivity index (χ1v) is 9.69. The molecule has 0 aromatic heterocycles. The zero-order chi connectivity index (χ0) is 20.5. The van der Waals surface area contributed by atoms with E-state index < -0.39 is 11.9 Å². The maximum atomic E-state index is 12.8. The van der Waals surface area contributed by atoms with Crippen LogP contribution in [0.25, 0.3) is 0 Å². The summed E-state index contributed by atoms with van der Waals surface area (Å²) in [5.74, 6) is -0.951. The SMILES string of the molecule is CN1CCC(NC(=O)NCc2ccc3c(c2)C(=O)N(C2CCC(=O)NC2=O)C3)N1. The van der Waals surface area contributed by atoms with E-state index in [4.69, 9.17) is 0 Å². The standard InChI is InChI=1S/C19H24N6O4/c1-24-7-6-15(23-24)21-19(29)20-9-11-2-3-12-10-25(18(28)13(12)8-11)14-4-5-16(26)22-17(14)27/h2-3,8,14-15,23H,4-7,9-10H2,1H3,(H2,20,21,29)(H,22,26,27). The van der Waals surface area contributed by atoms with Crippen LogP contribution in [-0.2, 0) is 22.7 Å². The minimum absolute atomic E-state index is 0.0938. The number of carbonyl (C=O) groups is 4. The second-order valence-electron chi connectivity index (χ2n) is 7.61. The van der Waals surface area contributed by atoms with Crippen LogP contribution >= 0.6 is 0 Å². The van der Waals surface area contributed by atoms with Gasteiger partial charge in [0.25, 0.3) is 5.91 Å². The van der Waals surface area contributed by atoms with E-state index in [9.17, 15) is 19.2 Å². The summed E-state index contributed by atoms with van der Waals surface area (Å²) in [7, 11) is 1.92. The summed E-state index contributed by atoms with van der Waals surface area (Å²) in [5, 5.41) is 9.86. The zero-order valence-corrected chi connectivity index (χ0v) is 16.2. The van der Waals surface area contributed by atoms with Crippen LogP contribution in [0.4, 0.5) is 4.79 Å². The van der Waals surface area contributed by atoms with Crippen molar-refractivity contribution in [3.63, 3.8) is 0 Å².